The molecule has 0 bridgehead atoms. The second-order valence-electron chi connectivity index (χ2n) is 7.37. The third-order valence-corrected chi connectivity index (χ3v) is 5.71. The van der Waals surface area contributed by atoms with Crippen LogP contribution in [0.25, 0.3) is 0 Å². The van der Waals surface area contributed by atoms with Crippen molar-refractivity contribution >= 4 is 23.3 Å². The number of aryl methyl sites for hydroxylation is 1. The first-order chi connectivity index (χ1) is 13.0. The third-order valence-electron chi connectivity index (χ3n) is 5.29. The minimum absolute atomic E-state index is 0.222. The summed E-state index contributed by atoms with van der Waals surface area (Å²) < 4.78 is 0. The van der Waals surface area contributed by atoms with Gasteiger partial charge >= 0.3 is 5.97 Å². The Morgan fingerprint density at radius 1 is 1.33 bits per heavy atom. The fourth-order valence-corrected chi connectivity index (χ4v) is 3.82. The van der Waals surface area contributed by atoms with Crippen LogP contribution in [0.3, 0.4) is 0 Å². The van der Waals surface area contributed by atoms with Crippen LogP contribution in [-0.4, -0.2) is 29.1 Å². The zero-order valence-electron chi connectivity index (χ0n) is 15.9. The van der Waals surface area contributed by atoms with Crippen LogP contribution in [0.2, 0.25) is 5.02 Å². The van der Waals surface area contributed by atoms with Crippen molar-refractivity contribution in [2.24, 2.45) is 5.92 Å². The van der Waals surface area contributed by atoms with Crippen LogP contribution < -0.4 is 5.32 Å². The first-order valence-electron chi connectivity index (χ1n) is 9.53. The van der Waals surface area contributed by atoms with Crippen molar-refractivity contribution in [3.63, 3.8) is 0 Å². The average molecular weight is 387 g/mol. The quantitative estimate of drug-likeness (QED) is 0.693. The largest absolute Gasteiger partial charge is 0.481 e. The van der Waals surface area contributed by atoms with Gasteiger partial charge in [0.15, 0.2) is 0 Å². The maximum absolute atomic E-state index is 11.1. The fourth-order valence-electron chi connectivity index (χ4n) is 3.70. The zero-order valence-corrected chi connectivity index (χ0v) is 16.7. The van der Waals surface area contributed by atoms with E-state index < -0.39 is 5.97 Å². The molecule has 0 saturated carbocycles. The second-order valence-corrected chi connectivity index (χ2v) is 7.78. The molecule has 1 aliphatic rings. The lowest BCUT2D eigenvalue weighted by Crippen LogP contribution is -2.22. The molecule has 4 nitrogen and oxygen atoms in total. The van der Waals surface area contributed by atoms with Crippen LogP contribution in [0.4, 0.5) is 5.69 Å². The van der Waals surface area contributed by atoms with Gasteiger partial charge < -0.3 is 10.4 Å². The molecule has 0 radical (unpaired) electrons. The number of hydrogen-bond acceptors (Lipinski definition) is 3. The summed E-state index contributed by atoms with van der Waals surface area (Å²) in [7, 11) is 0. The standard InChI is InChI=1S/C22H27ClN2O2/c1-3-21(17-7-8-20(23)15(2)11-17)24-19-6-4-5-16(12-19)13-25-10-9-18(14-25)22(26)27/h4-8,11-12,18,21,24H,3,9-10,13-14H2,1-2H3,(H,26,27)/t18-,21+/m0/s1. The van der Waals surface area contributed by atoms with Crippen molar-refractivity contribution < 1.29 is 9.90 Å². The number of hydrogen-bond donors (Lipinski definition) is 2. The number of rotatable bonds is 7. The highest BCUT2D eigenvalue weighted by Gasteiger charge is 2.27. The topological polar surface area (TPSA) is 52.6 Å². The summed E-state index contributed by atoms with van der Waals surface area (Å²) in [6.07, 6.45) is 1.71. The van der Waals surface area contributed by atoms with Gasteiger partial charge in [-0.1, -0.05) is 42.8 Å². The molecule has 3 rings (SSSR count). The summed E-state index contributed by atoms with van der Waals surface area (Å²) in [6.45, 7) is 6.46. The summed E-state index contributed by atoms with van der Waals surface area (Å²) in [4.78, 5) is 13.4. The van der Waals surface area contributed by atoms with Gasteiger partial charge in [-0.3, -0.25) is 9.69 Å². The molecule has 0 unspecified atom stereocenters. The second kappa shape index (κ2) is 8.77. The van der Waals surface area contributed by atoms with Crippen molar-refractivity contribution in [1.82, 2.24) is 4.90 Å². The highest BCUT2D eigenvalue weighted by Crippen LogP contribution is 2.27. The minimum atomic E-state index is -0.683. The molecule has 2 N–H and O–H groups in total. The predicted octanol–water partition coefficient (Wildman–Crippen LogP) is 5.12. The number of aliphatic carboxylic acids is 1. The van der Waals surface area contributed by atoms with Gasteiger partial charge in [0, 0.05) is 23.8 Å². The van der Waals surface area contributed by atoms with E-state index in [4.69, 9.17) is 16.7 Å². The highest BCUT2D eigenvalue weighted by molar-refractivity contribution is 6.31. The van der Waals surface area contributed by atoms with E-state index in [1.54, 1.807) is 0 Å². The van der Waals surface area contributed by atoms with E-state index in [1.807, 2.05) is 13.0 Å². The molecule has 0 spiro atoms. The molecular weight excluding hydrogens is 360 g/mol. The number of carbonyl (C=O) groups is 1. The van der Waals surface area contributed by atoms with Crippen LogP contribution in [-0.2, 0) is 11.3 Å². The normalized spacial score (nSPS) is 18.4. The highest BCUT2D eigenvalue weighted by atomic mass is 35.5. The van der Waals surface area contributed by atoms with Crippen LogP contribution in [0.15, 0.2) is 42.5 Å². The van der Waals surface area contributed by atoms with Gasteiger partial charge in [-0.2, -0.15) is 0 Å². The van der Waals surface area contributed by atoms with Crippen molar-refractivity contribution in [2.75, 3.05) is 18.4 Å². The minimum Gasteiger partial charge on any atom is -0.481 e. The molecule has 27 heavy (non-hydrogen) atoms. The molecule has 0 aliphatic carbocycles. The van der Waals surface area contributed by atoms with E-state index in [1.165, 1.54) is 11.1 Å². The van der Waals surface area contributed by atoms with Crippen LogP contribution in [0.5, 0.6) is 0 Å². The summed E-state index contributed by atoms with van der Waals surface area (Å²) in [6, 6.07) is 14.8. The van der Waals surface area contributed by atoms with E-state index in [0.29, 0.717) is 6.54 Å². The smallest absolute Gasteiger partial charge is 0.307 e. The maximum Gasteiger partial charge on any atom is 0.307 e. The van der Waals surface area contributed by atoms with Crippen molar-refractivity contribution in [3.05, 3.63) is 64.2 Å². The molecule has 1 aliphatic heterocycles. The number of benzene rings is 2. The lowest BCUT2D eigenvalue weighted by Gasteiger charge is -2.21. The Kier molecular flexibility index (Phi) is 6.40. The molecule has 1 fully saturated rings. The van der Waals surface area contributed by atoms with Crippen LogP contribution in [0.1, 0.15) is 42.5 Å². The molecule has 1 heterocycles. The number of carboxylic acid groups (broad SMARTS) is 1. The number of carboxylic acids is 1. The van der Waals surface area contributed by atoms with E-state index >= 15 is 0 Å². The SMILES string of the molecule is CC[C@@H](Nc1cccc(CN2CC[C@H](C(=O)O)C2)c1)c1ccc(Cl)c(C)c1. The van der Waals surface area contributed by atoms with Gasteiger partial charge in [0.1, 0.15) is 0 Å². The summed E-state index contributed by atoms with van der Waals surface area (Å²) in [5.74, 6) is -0.916. The van der Waals surface area contributed by atoms with Gasteiger partial charge in [-0.25, -0.2) is 0 Å². The Morgan fingerprint density at radius 3 is 2.81 bits per heavy atom. The van der Waals surface area contributed by atoms with Crippen LogP contribution in [0, 0.1) is 12.8 Å². The number of nitrogens with zero attached hydrogens (tertiary/aromatic N) is 1. The summed E-state index contributed by atoms with van der Waals surface area (Å²) >= 11 is 6.16. The molecule has 144 valence electrons. The Bertz CT molecular complexity index is 809. The lowest BCUT2D eigenvalue weighted by molar-refractivity contribution is -0.141. The van der Waals surface area contributed by atoms with E-state index in [9.17, 15) is 4.79 Å². The Morgan fingerprint density at radius 2 is 2.15 bits per heavy atom. The predicted molar refractivity (Wildman–Crippen MR) is 110 cm³/mol. The lowest BCUT2D eigenvalue weighted by atomic mass is 10.0. The average Bonchev–Trinajstić information content (AvgIpc) is 3.11. The third kappa shape index (κ3) is 5.02. The number of likely N-dealkylation sites (tertiary alicyclic amines) is 1. The first kappa shape index (κ1) is 19.7. The number of nitrogens with one attached hydrogen (secondary N) is 1. The molecular formula is C22H27ClN2O2. The molecule has 0 aromatic heterocycles. The molecule has 1 saturated heterocycles. The van der Waals surface area contributed by atoms with Gasteiger partial charge in [0.2, 0.25) is 0 Å². The zero-order chi connectivity index (χ0) is 19.4. The van der Waals surface area contributed by atoms with Gasteiger partial charge in [-0.15, -0.1) is 0 Å². The molecule has 2 atom stereocenters. The number of anilines is 1. The van der Waals surface area contributed by atoms with Crippen molar-refractivity contribution in [1.29, 1.82) is 0 Å². The fraction of sp³-hybridized carbons (Fsp3) is 0.409. The van der Waals surface area contributed by atoms with E-state index in [0.717, 1.165) is 42.2 Å². The Hall–Kier alpha value is -2.04. The van der Waals surface area contributed by atoms with Gasteiger partial charge in [0.25, 0.3) is 0 Å². The summed E-state index contributed by atoms with van der Waals surface area (Å²) in [5, 5.41) is 13.6. The molecule has 2 aromatic carbocycles. The number of halogens is 1. The Balaban J connectivity index is 1.67. The van der Waals surface area contributed by atoms with Crippen molar-refractivity contribution in [3.8, 4) is 0 Å². The van der Waals surface area contributed by atoms with E-state index in [-0.39, 0.29) is 12.0 Å². The monoisotopic (exact) mass is 386 g/mol. The molecule has 5 heteroatoms. The Labute approximate surface area is 166 Å². The maximum atomic E-state index is 11.1. The van der Waals surface area contributed by atoms with Crippen LogP contribution >= 0.6 is 11.6 Å². The van der Waals surface area contributed by atoms with Crippen molar-refractivity contribution in [2.45, 2.75) is 39.3 Å². The molecule has 0 amide bonds. The first-order valence-corrected chi connectivity index (χ1v) is 9.90. The summed E-state index contributed by atoms with van der Waals surface area (Å²) in [5.41, 5.74) is 4.60. The van der Waals surface area contributed by atoms with Gasteiger partial charge in [0.05, 0.1) is 12.0 Å². The van der Waals surface area contributed by atoms with Gasteiger partial charge in [-0.05, 0) is 61.2 Å². The van der Waals surface area contributed by atoms with E-state index in [2.05, 4.69) is 53.5 Å². The molecule has 2 aromatic rings.